The van der Waals surface area contributed by atoms with Crippen LogP contribution < -0.4 is 25.4 Å². The lowest BCUT2D eigenvalue weighted by molar-refractivity contribution is -0.385. The Balaban J connectivity index is 0.00000215. The number of ether oxygens (including phenoxy) is 2. The number of nitro groups is 1. The Morgan fingerprint density at radius 3 is 1.68 bits per heavy atom. The number of thioether (sulfide) groups is 2. The van der Waals surface area contributed by atoms with Gasteiger partial charge in [0.1, 0.15) is 50.8 Å². The molecule has 10 N–H and O–H groups in total. The lowest BCUT2D eigenvalue weighted by Crippen LogP contribution is -2.12. The summed E-state index contributed by atoms with van der Waals surface area (Å²) in [6.45, 7) is 3.77. The second-order valence-corrected chi connectivity index (χ2v) is 33.3. The number of imidazole rings is 1. The van der Waals surface area contributed by atoms with E-state index in [2.05, 4.69) is 82.9 Å². The molecule has 9 rings (SSSR count). The monoisotopic (exact) mass is 1750 g/mol. The van der Waals surface area contributed by atoms with Gasteiger partial charge < -0.3 is 35.6 Å². The van der Waals surface area contributed by atoms with Crippen molar-refractivity contribution < 1.29 is 115 Å². The van der Waals surface area contributed by atoms with Crippen LogP contribution in [0.25, 0.3) is 16.7 Å². The highest BCUT2D eigenvalue weighted by molar-refractivity contribution is 7.99. The SMILES string of the molecule is COc1ccc2c(c1)nc1c(C#N)c(C)c(N=Nc3cc(C)c(N=Nc4cc(Nc5nc(NCCO)nc(Nc6cccc(S(=O)(=O)O)c6)n5)c(N=Nc5cc(C)c(N=Nc6ccc([N+](=O)[O-])cc6S(=O)(=O)O)cc5SCCCS(=O)(=O)O)cc4SCCCS(=O)(=O)O)cc3OCCCS(=O)(=O)O)c(O)n12.O=S(=O)=O.O=S(=O)=O. The summed E-state index contributed by atoms with van der Waals surface area (Å²) in [6.07, 6.45) is -0.491. The molecule has 0 saturated carbocycles. The minimum absolute atomic E-state index is 0.00287. The first-order valence-electron chi connectivity index (χ1n) is 31.5. The van der Waals surface area contributed by atoms with E-state index in [4.69, 9.17) is 34.7 Å². The summed E-state index contributed by atoms with van der Waals surface area (Å²) >= 11 is 1.99. The number of nitro benzene ring substituents is 1. The van der Waals surface area contributed by atoms with Crippen molar-refractivity contribution >= 4 is 192 Å². The summed E-state index contributed by atoms with van der Waals surface area (Å²) in [5.41, 5.74) is 0.391. The highest BCUT2D eigenvalue weighted by atomic mass is 32.2. The predicted molar refractivity (Wildman–Crippen MR) is 406 cm³/mol. The van der Waals surface area contributed by atoms with Crippen molar-refractivity contribution in [1.82, 2.24) is 24.3 Å². The van der Waals surface area contributed by atoms with E-state index < -0.39 is 128 Å². The number of aliphatic hydroxyl groups excluding tert-OH is 1. The van der Waals surface area contributed by atoms with Crippen molar-refractivity contribution in [1.29, 1.82) is 5.26 Å². The summed E-state index contributed by atoms with van der Waals surface area (Å²) in [6, 6.07) is 22.8. The highest BCUT2D eigenvalue weighted by Gasteiger charge is 2.25. The molecule has 0 atom stereocenters. The molecule has 0 spiro atoms. The maximum atomic E-state index is 12.4. The van der Waals surface area contributed by atoms with Gasteiger partial charge in [-0.15, -0.1) is 79.5 Å². The molecule has 0 unspecified atom stereocenters. The Kier molecular flexibility index (Phi) is 31.2. The van der Waals surface area contributed by atoms with Crippen molar-refractivity contribution in [2.75, 3.05) is 71.6 Å². The molecule has 0 amide bonds. The van der Waals surface area contributed by atoms with Crippen LogP contribution in [0.2, 0.25) is 0 Å². The molecule has 114 heavy (non-hydrogen) atoms. The molecule has 54 heteroatoms. The maximum absolute atomic E-state index is 12.4. The average Bonchev–Trinajstić information content (AvgIpc) is 1.58. The fourth-order valence-electron chi connectivity index (χ4n) is 9.57. The average molecular weight is 1750 g/mol. The van der Waals surface area contributed by atoms with E-state index in [0.717, 1.165) is 47.8 Å². The molecule has 0 aliphatic rings. The summed E-state index contributed by atoms with van der Waals surface area (Å²) < 4.78 is 232. The molecule has 3 heterocycles. The molecule has 0 aliphatic heterocycles. The third-order valence-corrected chi connectivity index (χ3v) is 21.0. The molecule has 6 aromatic carbocycles. The Bertz CT molecular complexity index is 6200. The van der Waals surface area contributed by atoms with Crippen molar-refractivity contribution in [2.24, 2.45) is 40.9 Å². The normalized spacial score (nSPS) is 12.0. The fourth-order valence-corrected chi connectivity index (χ4v) is 14.5. The first kappa shape index (κ1) is 90.0. The van der Waals surface area contributed by atoms with E-state index in [-0.39, 0.29) is 151 Å². The van der Waals surface area contributed by atoms with Gasteiger partial charge in [-0.05, 0) is 129 Å². The molecule has 0 bridgehead atoms. The number of fused-ring (bicyclic) bond motifs is 3. The number of azo groups is 4. The van der Waals surface area contributed by atoms with Crippen LogP contribution in [0.4, 0.5) is 80.4 Å². The van der Waals surface area contributed by atoms with Crippen molar-refractivity contribution in [3.05, 3.63) is 129 Å². The summed E-state index contributed by atoms with van der Waals surface area (Å²) in [5, 5.41) is 87.6. The van der Waals surface area contributed by atoms with E-state index in [1.807, 2.05) is 0 Å². The van der Waals surface area contributed by atoms with Gasteiger partial charge in [-0.1, -0.05) is 6.07 Å². The van der Waals surface area contributed by atoms with E-state index in [1.54, 1.807) is 25.1 Å². The number of hydrogen-bond acceptors (Lipinski definition) is 40. The third kappa shape index (κ3) is 27.0. The third-order valence-electron chi connectivity index (χ3n) is 14.5. The topological polar surface area (TPSA) is 691 Å². The Morgan fingerprint density at radius 2 is 1.12 bits per heavy atom. The van der Waals surface area contributed by atoms with Crippen LogP contribution in [-0.4, -0.2) is 185 Å². The standard InChI is InChI=1S/C60H60N18O21S7.2O3S/c1-33-23-47(73-76-55-35(3)40(32-61)56-64-46-27-38(98-4)12-14-50(46)77(56)57(55)80)51(99-17-6-20-102(83,84)85)29-42(33)70-75-49-28-44(65-60-67-58(62-15-16-79)66-59(68-60)63-36-9-5-10-39(25-36)105(92,93)94)45(31-53(49)101-19-8-22-104(89,90)91)72-74-48-24-34(2)43(30-52(48)100-18-7-21-103(86,87)88)71-69-41-13-11-37(78(81)82)26-54(41)106(95,96)97;2*1-4(2)3/h5,9-14,23-31,79-80H,6-8,15-22H2,1-4H3,(H,83,84,85)(H,86,87,88)(H,89,90,91)(H,92,93,94)(H,95,96,97)(H3,62,63,65,66,67,68);;. The van der Waals surface area contributed by atoms with E-state index in [0.29, 0.717) is 28.4 Å². The highest BCUT2D eigenvalue weighted by Crippen LogP contribution is 2.46. The fraction of sp³-hybridized carbons (Fsp3) is 0.250. The van der Waals surface area contributed by atoms with Crippen LogP contribution in [-0.2, 0) is 71.8 Å². The predicted octanol–water partition coefficient (Wildman–Crippen LogP) is 10.5. The van der Waals surface area contributed by atoms with Gasteiger partial charge >= 0.3 is 21.2 Å². The summed E-state index contributed by atoms with van der Waals surface area (Å²) in [4.78, 5) is 27.4. The van der Waals surface area contributed by atoms with Gasteiger partial charge in [0, 0.05) is 51.9 Å². The molecular formula is C60H60N18O27S9. The molecule has 3 aromatic heterocycles. The molecule has 0 aliphatic carbocycles. The number of nitrogens with one attached hydrogen (secondary N) is 3. The van der Waals surface area contributed by atoms with Gasteiger partial charge in [-0.25, -0.2) is 4.98 Å². The minimum atomic E-state index is -5.11. The van der Waals surface area contributed by atoms with Crippen LogP contribution in [0.1, 0.15) is 41.5 Å². The van der Waals surface area contributed by atoms with Gasteiger partial charge in [-0.2, -0.15) is 72.5 Å². The first-order valence-corrected chi connectivity index (χ1v) is 43.1. The zero-order valence-electron chi connectivity index (χ0n) is 58.7. The van der Waals surface area contributed by atoms with E-state index in [1.165, 1.54) is 73.9 Å². The number of pyridine rings is 1. The largest absolute Gasteiger partial charge is 0.497 e. The smallest absolute Gasteiger partial charge is 0.425 e. The lowest BCUT2D eigenvalue weighted by atomic mass is 10.1. The van der Waals surface area contributed by atoms with Gasteiger partial charge in [0.25, 0.3) is 56.3 Å². The number of benzene rings is 6. The summed E-state index contributed by atoms with van der Waals surface area (Å²) in [5.74, 6) is -2.91. The number of non-ortho nitro benzene ring substituents is 1. The number of nitriles is 1. The van der Waals surface area contributed by atoms with Gasteiger partial charge in [0.15, 0.2) is 11.3 Å². The van der Waals surface area contributed by atoms with E-state index >= 15 is 0 Å². The quantitative estimate of drug-likeness (QED) is 0.00447. The number of aryl methyl sites for hydroxylation is 2. The van der Waals surface area contributed by atoms with Crippen molar-refractivity contribution in [3.63, 3.8) is 0 Å². The zero-order chi connectivity index (χ0) is 84.2. The minimum Gasteiger partial charge on any atom is -0.497 e. The summed E-state index contributed by atoms with van der Waals surface area (Å²) in [7, 11) is -28.0. The Hall–Kier alpha value is -11.2. The second-order valence-electron chi connectivity index (χ2n) is 22.7. The lowest BCUT2D eigenvalue weighted by Gasteiger charge is -2.15. The van der Waals surface area contributed by atoms with Gasteiger partial charge in [0.2, 0.25) is 23.7 Å². The number of rotatable bonds is 34. The maximum Gasteiger partial charge on any atom is 0.425 e. The number of aromatic nitrogens is 5. The Labute approximate surface area is 657 Å². The van der Waals surface area contributed by atoms with Crippen molar-refractivity contribution in [2.45, 2.75) is 59.6 Å². The molecular weight excluding hydrogens is 1690 g/mol. The van der Waals surface area contributed by atoms with E-state index in [9.17, 15) is 90.4 Å². The molecule has 0 saturated heterocycles. The molecule has 9 aromatic rings. The van der Waals surface area contributed by atoms with Gasteiger partial charge in [0.05, 0.1) is 81.2 Å². The number of hydrogen-bond donors (Lipinski definition) is 10. The number of nitrogens with zero attached hydrogens (tertiary/aromatic N) is 15. The molecule has 45 nitrogen and oxygen atoms in total. The first-order chi connectivity index (χ1) is 53.4. The van der Waals surface area contributed by atoms with Crippen molar-refractivity contribution in [3.8, 4) is 23.4 Å². The number of anilines is 5. The zero-order valence-corrected chi connectivity index (χ0v) is 66.0. The molecule has 0 radical (unpaired) electrons. The van der Waals surface area contributed by atoms with Gasteiger partial charge in [-0.3, -0.25) is 37.3 Å². The number of methoxy groups -OCH3 is 1. The van der Waals surface area contributed by atoms with Crippen LogP contribution in [0.5, 0.6) is 17.4 Å². The van der Waals surface area contributed by atoms with Crippen LogP contribution in [0, 0.1) is 42.2 Å². The van der Waals surface area contributed by atoms with Crippen LogP contribution in [0.3, 0.4) is 0 Å². The number of aromatic hydroxyl groups is 1. The Morgan fingerprint density at radius 1 is 0.596 bits per heavy atom. The number of aliphatic hydroxyl groups is 1. The molecule has 606 valence electrons. The second kappa shape index (κ2) is 39.5. The molecule has 0 fully saturated rings. The van der Waals surface area contributed by atoms with Crippen LogP contribution >= 0.6 is 23.5 Å². The van der Waals surface area contributed by atoms with Crippen LogP contribution in [0.15, 0.2) is 158 Å².